The van der Waals surface area contributed by atoms with Gasteiger partial charge in [-0.1, -0.05) is 22.0 Å². The number of hydrogen-bond donors (Lipinski definition) is 1. The Labute approximate surface area is 134 Å². The molecule has 114 valence electrons. The fraction of sp³-hybridized carbons (Fsp3) is 0.562. The van der Waals surface area contributed by atoms with Gasteiger partial charge in [0.25, 0.3) is 0 Å². The number of rotatable bonds is 3. The van der Waals surface area contributed by atoms with Crippen LogP contribution >= 0.6 is 15.9 Å². The van der Waals surface area contributed by atoms with Gasteiger partial charge in [-0.25, -0.2) is 0 Å². The predicted octanol–water partition coefficient (Wildman–Crippen LogP) is 1.80. The van der Waals surface area contributed by atoms with Crippen LogP contribution in [0.5, 0.6) is 0 Å². The lowest BCUT2D eigenvalue weighted by Crippen LogP contribution is -2.49. The van der Waals surface area contributed by atoms with Crippen molar-refractivity contribution in [3.8, 4) is 0 Å². The van der Waals surface area contributed by atoms with Gasteiger partial charge in [0.2, 0.25) is 5.91 Å². The molecular weight excluding hydrogens is 330 g/mol. The van der Waals surface area contributed by atoms with Crippen LogP contribution in [0.4, 0.5) is 0 Å². The van der Waals surface area contributed by atoms with Gasteiger partial charge in [0, 0.05) is 36.7 Å². The molecule has 1 amide bonds. The molecule has 1 aliphatic carbocycles. The van der Waals surface area contributed by atoms with Crippen LogP contribution in [0.2, 0.25) is 0 Å². The first-order valence-electron chi connectivity index (χ1n) is 7.62. The molecule has 1 aromatic carbocycles. The average Bonchev–Trinajstić information content (AvgIpc) is 2.91. The number of nitrogens with zero attached hydrogens (tertiary/aromatic N) is 2. The first kappa shape index (κ1) is 15.0. The number of piperazine rings is 1. The first-order valence-corrected chi connectivity index (χ1v) is 8.41. The van der Waals surface area contributed by atoms with Crippen LogP contribution in [0.1, 0.15) is 23.6 Å². The highest BCUT2D eigenvalue weighted by molar-refractivity contribution is 9.10. The van der Waals surface area contributed by atoms with Gasteiger partial charge in [0.1, 0.15) is 0 Å². The van der Waals surface area contributed by atoms with Crippen molar-refractivity contribution >= 4 is 21.8 Å². The molecule has 1 aliphatic heterocycles. The van der Waals surface area contributed by atoms with E-state index in [2.05, 4.69) is 51.4 Å². The molecule has 1 atom stereocenters. The van der Waals surface area contributed by atoms with Crippen molar-refractivity contribution in [2.24, 2.45) is 0 Å². The highest BCUT2D eigenvalue weighted by atomic mass is 79.9. The lowest BCUT2D eigenvalue weighted by Gasteiger charge is -2.31. The minimum atomic E-state index is 0.254. The van der Waals surface area contributed by atoms with Gasteiger partial charge in [-0.3, -0.25) is 9.69 Å². The second-order valence-corrected chi connectivity index (χ2v) is 6.86. The third-order valence-electron chi connectivity index (χ3n) is 4.54. The van der Waals surface area contributed by atoms with Crippen LogP contribution < -0.4 is 5.32 Å². The van der Waals surface area contributed by atoms with Crippen molar-refractivity contribution in [1.29, 1.82) is 0 Å². The summed E-state index contributed by atoms with van der Waals surface area (Å²) in [5.74, 6) is 0.254. The van der Waals surface area contributed by atoms with E-state index in [4.69, 9.17) is 0 Å². The Morgan fingerprint density at radius 1 is 1.43 bits per heavy atom. The molecule has 0 saturated carbocycles. The largest absolute Gasteiger partial charge is 0.339 e. The molecule has 1 saturated heterocycles. The lowest BCUT2D eigenvalue weighted by molar-refractivity contribution is -0.133. The average molecular weight is 352 g/mol. The van der Waals surface area contributed by atoms with Crippen molar-refractivity contribution < 1.29 is 4.79 Å². The van der Waals surface area contributed by atoms with Gasteiger partial charge in [0.05, 0.1) is 6.54 Å². The zero-order valence-corrected chi connectivity index (χ0v) is 14.0. The number of benzene rings is 1. The van der Waals surface area contributed by atoms with Crippen LogP contribution in [-0.2, 0) is 11.2 Å². The Bertz CT molecular complexity index is 528. The monoisotopic (exact) mass is 351 g/mol. The highest BCUT2D eigenvalue weighted by Crippen LogP contribution is 2.36. The van der Waals surface area contributed by atoms with E-state index in [1.165, 1.54) is 11.1 Å². The van der Waals surface area contributed by atoms with E-state index in [-0.39, 0.29) is 5.91 Å². The molecule has 4 nitrogen and oxygen atoms in total. The number of aryl methyl sites for hydroxylation is 1. The van der Waals surface area contributed by atoms with Crippen molar-refractivity contribution in [2.75, 3.05) is 39.8 Å². The molecule has 1 N–H and O–H groups in total. The third-order valence-corrected chi connectivity index (χ3v) is 5.03. The number of nitrogens with one attached hydrogen (secondary N) is 1. The van der Waals surface area contributed by atoms with E-state index in [0.717, 1.165) is 43.5 Å². The molecule has 0 radical (unpaired) electrons. The smallest absolute Gasteiger partial charge is 0.236 e. The zero-order chi connectivity index (χ0) is 14.8. The van der Waals surface area contributed by atoms with Gasteiger partial charge >= 0.3 is 0 Å². The summed E-state index contributed by atoms with van der Waals surface area (Å²) in [4.78, 5) is 16.6. The number of fused-ring (bicyclic) bond motifs is 1. The maximum atomic E-state index is 12.4. The predicted molar refractivity (Wildman–Crippen MR) is 87.3 cm³/mol. The Morgan fingerprint density at radius 3 is 2.95 bits per heavy atom. The number of halogens is 1. The fourth-order valence-electron chi connectivity index (χ4n) is 3.36. The van der Waals surface area contributed by atoms with Gasteiger partial charge in [-0.2, -0.15) is 0 Å². The topological polar surface area (TPSA) is 35.6 Å². The molecule has 2 aliphatic rings. The fourth-order valence-corrected chi connectivity index (χ4v) is 3.77. The Kier molecular flexibility index (Phi) is 4.62. The normalized spacial score (nSPS) is 21.7. The quantitative estimate of drug-likeness (QED) is 0.901. The molecule has 1 aromatic rings. The lowest BCUT2D eigenvalue weighted by atomic mass is 10.1. The highest BCUT2D eigenvalue weighted by Gasteiger charge is 2.28. The summed E-state index contributed by atoms with van der Waals surface area (Å²) in [7, 11) is 2.07. The zero-order valence-electron chi connectivity index (χ0n) is 12.4. The van der Waals surface area contributed by atoms with Crippen molar-refractivity contribution in [3.05, 3.63) is 33.8 Å². The molecular formula is C16H22BrN3O. The number of hydrogen-bond acceptors (Lipinski definition) is 3. The third kappa shape index (κ3) is 3.30. The maximum Gasteiger partial charge on any atom is 0.236 e. The summed E-state index contributed by atoms with van der Waals surface area (Å²) in [6.07, 6.45) is 2.21. The Balaban J connectivity index is 1.64. The summed E-state index contributed by atoms with van der Waals surface area (Å²) < 4.78 is 1.14. The van der Waals surface area contributed by atoms with Crippen molar-refractivity contribution in [1.82, 2.24) is 15.1 Å². The van der Waals surface area contributed by atoms with E-state index in [1.54, 1.807) is 0 Å². The van der Waals surface area contributed by atoms with Crippen LogP contribution in [0.25, 0.3) is 0 Å². The minimum Gasteiger partial charge on any atom is -0.339 e. The van der Waals surface area contributed by atoms with Crippen molar-refractivity contribution in [2.45, 2.75) is 18.9 Å². The first-order chi connectivity index (χ1) is 10.1. The van der Waals surface area contributed by atoms with E-state index in [0.29, 0.717) is 12.6 Å². The molecule has 1 unspecified atom stereocenters. The second kappa shape index (κ2) is 6.46. The molecule has 5 heteroatoms. The van der Waals surface area contributed by atoms with E-state index >= 15 is 0 Å². The molecule has 3 rings (SSSR count). The summed E-state index contributed by atoms with van der Waals surface area (Å²) in [5, 5.41) is 3.28. The van der Waals surface area contributed by atoms with Gasteiger partial charge in [-0.05, 0) is 43.1 Å². The standard InChI is InChI=1S/C16H22BrN3O/c1-19(11-16(21)20-8-6-18-7-9-20)15-5-2-12-10-13(17)3-4-14(12)15/h3-4,10,15,18H,2,5-9,11H2,1H3. The van der Waals surface area contributed by atoms with Crippen LogP contribution in [0, 0.1) is 0 Å². The number of carbonyl (C=O) groups excluding carboxylic acids is 1. The minimum absolute atomic E-state index is 0.254. The SMILES string of the molecule is CN(CC(=O)N1CCNCC1)C1CCc2cc(Br)ccc21. The number of carbonyl (C=O) groups is 1. The maximum absolute atomic E-state index is 12.4. The molecule has 21 heavy (non-hydrogen) atoms. The summed E-state index contributed by atoms with van der Waals surface area (Å²) in [5.41, 5.74) is 2.80. The van der Waals surface area contributed by atoms with Crippen molar-refractivity contribution in [3.63, 3.8) is 0 Å². The molecule has 1 heterocycles. The Hall–Kier alpha value is -0.910. The summed E-state index contributed by atoms with van der Waals surface area (Å²) in [6, 6.07) is 6.88. The second-order valence-electron chi connectivity index (χ2n) is 5.94. The Morgan fingerprint density at radius 2 is 2.19 bits per heavy atom. The van der Waals surface area contributed by atoms with Crippen LogP contribution in [0.3, 0.4) is 0 Å². The van der Waals surface area contributed by atoms with E-state index in [9.17, 15) is 4.79 Å². The van der Waals surface area contributed by atoms with Gasteiger partial charge in [-0.15, -0.1) is 0 Å². The van der Waals surface area contributed by atoms with E-state index < -0.39 is 0 Å². The number of likely N-dealkylation sites (N-methyl/N-ethyl adjacent to an activating group) is 1. The molecule has 1 fully saturated rings. The molecule has 0 bridgehead atoms. The molecule has 0 spiro atoms. The summed E-state index contributed by atoms with van der Waals surface area (Å²) >= 11 is 3.53. The van der Waals surface area contributed by atoms with E-state index in [1.807, 2.05) is 4.90 Å². The molecule has 0 aromatic heterocycles. The summed E-state index contributed by atoms with van der Waals surface area (Å²) in [6.45, 7) is 4.01. The van der Waals surface area contributed by atoms with Crippen LogP contribution in [0.15, 0.2) is 22.7 Å². The van der Waals surface area contributed by atoms with Gasteiger partial charge in [0.15, 0.2) is 0 Å². The van der Waals surface area contributed by atoms with Gasteiger partial charge < -0.3 is 10.2 Å². The number of amides is 1. The van der Waals surface area contributed by atoms with Crippen LogP contribution in [-0.4, -0.2) is 55.5 Å².